The van der Waals surface area contributed by atoms with Gasteiger partial charge in [0, 0.05) is 30.5 Å². The number of hydrogen-bond donors (Lipinski definition) is 1. The van der Waals surface area contributed by atoms with Crippen molar-refractivity contribution in [3.63, 3.8) is 0 Å². The van der Waals surface area contributed by atoms with Crippen molar-refractivity contribution in [2.24, 2.45) is 11.7 Å². The molecule has 7 heteroatoms. The van der Waals surface area contributed by atoms with Crippen LogP contribution in [0.5, 0.6) is 11.5 Å². The van der Waals surface area contributed by atoms with Crippen LogP contribution >= 0.6 is 24.8 Å². The van der Waals surface area contributed by atoms with Crippen molar-refractivity contribution in [2.45, 2.75) is 13.3 Å². The van der Waals surface area contributed by atoms with E-state index in [1.165, 1.54) is 0 Å². The van der Waals surface area contributed by atoms with Crippen LogP contribution in [-0.4, -0.2) is 24.0 Å². The number of nitrogens with zero attached hydrogens (tertiary/aromatic N) is 2. The third kappa shape index (κ3) is 4.76. The topological polar surface area (TPSA) is 68.5 Å². The molecule has 130 valence electrons. The maximum absolute atomic E-state index is 11.3. The van der Waals surface area contributed by atoms with E-state index in [1.807, 2.05) is 43.3 Å². The van der Waals surface area contributed by atoms with Gasteiger partial charge in [-0.25, -0.2) is 0 Å². The SMILES string of the molecule is Cc1ccc(Oc2cccc(N3CCC(C(N)=O)C3)c2)cn1.Cl.Cl. The lowest BCUT2D eigenvalue weighted by atomic mass is 10.1. The molecule has 2 heterocycles. The van der Waals surface area contributed by atoms with Crippen molar-refractivity contribution in [2.75, 3.05) is 18.0 Å². The van der Waals surface area contributed by atoms with E-state index in [1.54, 1.807) is 6.20 Å². The summed E-state index contributed by atoms with van der Waals surface area (Å²) in [5, 5.41) is 0. The molecule has 5 nitrogen and oxygen atoms in total. The maximum atomic E-state index is 11.3. The van der Waals surface area contributed by atoms with Crippen LogP contribution in [0.2, 0.25) is 0 Å². The number of benzene rings is 1. The van der Waals surface area contributed by atoms with Crippen molar-refractivity contribution in [1.82, 2.24) is 4.98 Å². The molecule has 1 aliphatic heterocycles. The number of amides is 1. The fourth-order valence-corrected chi connectivity index (χ4v) is 2.62. The molecule has 2 N–H and O–H groups in total. The third-order valence-electron chi connectivity index (χ3n) is 3.89. The second-order valence-corrected chi connectivity index (χ2v) is 5.57. The molecule has 1 atom stereocenters. The molecule has 1 aromatic heterocycles. The van der Waals surface area contributed by atoms with Gasteiger partial charge in [0.25, 0.3) is 0 Å². The smallest absolute Gasteiger partial charge is 0.222 e. The Kier molecular flexibility index (Phi) is 7.32. The van der Waals surface area contributed by atoms with Crippen LogP contribution in [0.1, 0.15) is 12.1 Å². The number of nitrogens with two attached hydrogens (primary N) is 1. The molecule has 2 aromatic rings. The second-order valence-electron chi connectivity index (χ2n) is 5.57. The molecule has 0 radical (unpaired) electrons. The lowest BCUT2D eigenvalue weighted by Crippen LogP contribution is -2.27. The summed E-state index contributed by atoms with van der Waals surface area (Å²) in [5.74, 6) is 1.18. The minimum Gasteiger partial charge on any atom is -0.456 e. The van der Waals surface area contributed by atoms with E-state index in [4.69, 9.17) is 10.5 Å². The number of anilines is 1. The van der Waals surface area contributed by atoms with Crippen molar-refractivity contribution in [1.29, 1.82) is 0 Å². The number of rotatable bonds is 4. The van der Waals surface area contributed by atoms with E-state index in [2.05, 4.69) is 9.88 Å². The predicted octanol–water partition coefficient (Wildman–Crippen LogP) is 3.34. The van der Waals surface area contributed by atoms with Gasteiger partial charge >= 0.3 is 0 Å². The van der Waals surface area contributed by atoms with Crippen molar-refractivity contribution >= 4 is 36.4 Å². The molecule has 0 bridgehead atoms. The average Bonchev–Trinajstić information content (AvgIpc) is 3.00. The number of halogens is 2. The van der Waals surface area contributed by atoms with Gasteiger partial charge in [-0.3, -0.25) is 9.78 Å². The number of aromatic nitrogens is 1. The Balaban J connectivity index is 0.00000144. The Morgan fingerprint density at radius 2 is 2.04 bits per heavy atom. The number of pyridine rings is 1. The summed E-state index contributed by atoms with van der Waals surface area (Å²) >= 11 is 0. The Labute approximate surface area is 154 Å². The van der Waals surface area contributed by atoms with Crippen LogP contribution in [0, 0.1) is 12.8 Å². The Morgan fingerprint density at radius 1 is 1.25 bits per heavy atom. The van der Waals surface area contributed by atoms with E-state index in [0.717, 1.165) is 30.1 Å². The summed E-state index contributed by atoms with van der Waals surface area (Å²) in [5.41, 5.74) is 7.38. The third-order valence-corrected chi connectivity index (χ3v) is 3.89. The molecule has 1 fully saturated rings. The normalized spacial score (nSPS) is 16.0. The van der Waals surface area contributed by atoms with E-state index in [-0.39, 0.29) is 36.6 Å². The summed E-state index contributed by atoms with van der Waals surface area (Å²) in [4.78, 5) is 17.7. The van der Waals surface area contributed by atoms with E-state index in [0.29, 0.717) is 12.3 Å². The standard InChI is InChI=1S/C17H19N3O2.2ClH/c1-12-5-6-16(10-19-12)22-15-4-2-3-14(9-15)20-8-7-13(11-20)17(18)21;;/h2-6,9-10,13H,7-8,11H2,1H3,(H2,18,21);2*1H. The minimum atomic E-state index is -0.222. The first-order chi connectivity index (χ1) is 10.6. The molecule has 1 unspecified atom stereocenters. The zero-order chi connectivity index (χ0) is 15.5. The summed E-state index contributed by atoms with van der Waals surface area (Å²) < 4.78 is 5.83. The van der Waals surface area contributed by atoms with Gasteiger partial charge in [-0.05, 0) is 37.6 Å². The lowest BCUT2D eigenvalue weighted by Gasteiger charge is -2.19. The molecular weight excluding hydrogens is 349 g/mol. The first-order valence-electron chi connectivity index (χ1n) is 7.36. The summed E-state index contributed by atoms with van der Waals surface area (Å²) in [6, 6.07) is 11.7. The molecule has 0 spiro atoms. The molecule has 0 saturated carbocycles. The number of ether oxygens (including phenoxy) is 1. The van der Waals surface area contributed by atoms with Crippen LogP contribution in [0.4, 0.5) is 5.69 Å². The molecule has 0 aliphatic carbocycles. The first kappa shape index (κ1) is 20.1. The Hall–Kier alpha value is -1.98. The number of hydrogen-bond acceptors (Lipinski definition) is 4. The number of aryl methyl sites for hydroxylation is 1. The van der Waals surface area contributed by atoms with Crippen LogP contribution in [-0.2, 0) is 4.79 Å². The van der Waals surface area contributed by atoms with Gasteiger partial charge < -0.3 is 15.4 Å². The number of primary amides is 1. The lowest BCUT2D eigenvalue weighted by molar-refractivity contribution is -0.121. The number of carbonyl (C=O) groups excluding carboxylic acids is 1. The fraction of sp³-hybridized carbons (Fsp3) is 0.294. The quantitative estimate of drug-likeness (QED) is 0.896. The first-order valence-corrected chi connectivity index (χ1v) is 7.36. The van der Waals surface area contributed by atoms with Crippen molar-refractivity contribution < 1.29 is 9.53 Å². The van der Waals surface area contributed by atoms with Gasteiger partial charge in [0.15, 0.2) is 0 Å². The zero-order valence-corrected chi connectivity index (χ0v) is 15.0. The van der Waals surface area contributed by atoms with Crippen LogP contribution in [0.3, 0.4) is 0 Å². The highest BCUT2D eigenvalue weighted by Gasteiger charge is 2.26. The predicted molar refractivity (Wildman–Crippen MR) is 99.5 cm³/mol. The Morgan fingerprint density at radius 3 is 2.67 bits per heavy atom. The van der Waals surface area contributed by atoms with E-state index >= 15 is 0 Å². The van der Waals surface area contributed by atoms with Gasteiger partial charge in [0.1, 0.15) is 11.5 Å². The summed E-state index contributed by atoms with van der Waals surface area (Å²) in [7, 11) is 0. The molecule has 1 saturated heterocycles. The van der Waals surface area contributed by atoms with Gasteiger partial charge in [0.2, 0.25) is 5.91 Å². The number of carbonyl (C=O) groups is 1. The fourth-order valence-electron chi connectivity index (χ4n) is 2.62. The minimum absolute atomic E-state index is 0. The van der Waals surface area contributed by atoms with Gasteiger partial charge in [-0.2, -0.15) is 0 Å². The van der Waals surface area contributed by atoms with Crippen molar-refractivity contribution in [3.8, 4) is 11.5 Å². The molecular formula is C17H21Cl2N3O2. The molecule has 3 rings (SSSR count). The zero-order valence-electron chi connectivity index (χ0n) is 13.3. The van der Waals surface area contributed by atoms with Crippen LogP contribution in [0.25, 0.3) is 0 Å². The monoisotopic (exact) mass is 369 g/mol. The average molecular weight is 370 g/mol. The Bertz CT molecular complexity index is 680. The van der Waals surface area contributed by atoms with Crippen LogP contribution in [0.15, 0.2) is 42.6 Å². The van der Waals surface area contributed by atoms with Crippen molar-refractivity contribution in [3.05, 3.63) is 48.3 Å². The molecule has 1 aromatic carbocycles. The second kappa shape index (κ2) is 8.76. The highest BCUT2D eigenvalue weighted by Crippen LogP contribution is 2.29. The highest BCUT2D eigenvalue weighted by atomic mass is 35.5. The van der Waals surface area contributed by atoms with Gasteiger partial charge in [0.05, 0.1) is 12.1 Å². The van der Waals surface area contributed by atoms with Crippen LogP contribution < -0.4 is 15.4 Å². The highest BCUT2D eigenvalue weighted by molar-refractivity contribution is 5.85. The summed E-state index contributed by atoms with van der Waals surface area (Å²) in [6.07, 6.45) is 2.52. The molecule has 1 amide bonds. The summed E-state index contributed by atoms with van der Waals surface area (Å²) in [6.45, 7) is 3.45. The van der Waals surface area contributed by atoms with E-state index in [9.17, 15) is 4.79 Å². The maximum Gasteiger partial charge on any atom is 0.222 e. The molecule has 1 aliphatic rings. The van der Waals surface area contributed by atoms with Gasteiger partial charge in [-0.15, -0.1) is 24.8 Å². The van der Waals surface area contributed by atoms with E-state index < -0.39 is 0 Å². The molecule has 24 heavy (non-hydrogen) atoms. The largest absolute Gasteiger partial charge is 0.456 e. The van der Waals surface area contributed by atoms with Gasteiger partial charge in [-0.1, -0.05) is 6.07 Å².